The van der Waals surface area contributed by atoms with Crippen LogP contribution in [0, 0.1) is 6.92 Å². The van der Waals surface area contributed by atoms with Crippen LogP contribution in [-0.2, 0) is 13.1 Å². The van der Waals surface area contributed by atoms with Crippen LogP contribution in [0.3, 0.4) is 0 Å². The maximum Gasteiger partial charge on any atom is 0.120 e. The highest BCUT2D eigenvalue weighted by Crippen LogP contribution is 2.16. The highest BCUT2D eigenvalue weighted by Gasteiger charge is 2.11. The van der Waals surface area contributed by atoms with Gasteiger partial charge < -0.3 is 9.73 Å². The van der Waals surface area contributed by atoms with Gasteiger partial charge in [0.2, 0.25) is 0 Å². The molecule has 0 aromatic carbocycles. The molecule has 17 heavy (non-hydrogen) atoms. The molecule has 0 aliphatic heterocycles. The first-order valence-electron chi connectivity index (χ1n) is 6.42. The van der Waals surface area contributed by atoms with Crippen LogP contribution < -0.4 is 5.32 Å². The molecule has 1 aromatic heterocycles. The summed E-state index contributed by atoms with van der Waals surface area (Å²) in [4.78, 5) is 2.28. The Bertz CT molecular complexity index is 342. The van der Waals surface area contributed by atoms with Gasteiger partial charge in [-0.15, -0.1) is 0 Å². The SMILES string of the molecule is Cc1cc(CN(C)C(C)C)oc1CNC(C)C. The summed E-state index contributed by atoms with van der Waals surface area (Å²) in [6, 6.07) is 3.18. The first-order valence-corrected chi connectivity index (χ1v) is 6.42. The Morgan fingerprint density at radius 3 is 2.47 bits per heavy atom. The Balaban J connectivity index is 2.61. The summed E-state index contributed by atoms with van der Waals surface area (Å²) in [5.74, 6) is 2.12. The molecule has 3 nitrogen and oxygen atoms in total. The minimum absolute atomic E-state index is 0.487. The average Bonchev–Trinajstić information content (AvgIpc) is 2.55. The van der Waals surface area contributed by atoms with Crippen molar-refractivity contribution in [3.05, 3.63) is 23.2 Å². The van der Waals surface area contributed by atoms with E-state index in [1.165, 1.54) is 5.56 Å². The zero-order valence-corrected chi connectivity index (χ0v) is 12.0. The lowest BCUT2D eigenvalue weighted by atomic mass is 10.2. The second-order valence-electron chi connectivity index (χ2n) is 5.36. The summed E-state index contributed by atoms with van der Waals surface area (Å²) in [5.41, 5.74) is 1.24. The molecule has 1 heterocycles. The minimum atomic E-state index is 0.487. The van der Waals surface area contributed by atoms with Crippen molar-refractivity contribution in [1.82, 2.24) is 10.2 Å². The third kappa shape index (κ3) is 4.52. The first-order chi connectivity index (χ1) is 7.90. The van der Waals surface area contributed by atoms with Crippen LogP contribution >= 0.6 is 0 Å². The molecule has 0 saturated carbocycles. The minimum Gasteiger partial charge on any atom is -0.463 e. The fourth-order valence-electron chi connectivity index (χ4n) is 1.57. The standard InChI is InChI=1S/C14H26N2O/c1-10(2)15-8-14-12(5)7-13(17-14)9-16(6)11(3)4/h7,10-11,15H,8-9H2,1-6H3. The molecule has 0 amide bonds. The Kier molecular flexibility index (Phi) is 5.22. The number of nitrogens with zero attached hydrogens (tertiary/aromatic N) is 1. The molecule has 98 valence electrons. The molecule has 0 radical (unpaired) electrons. The molecule has 0 bridgehead atoms. The van der Waals surface area contributed by atoms with Gasteiger partial charge >= 0.3 is 0 Å². The van der Waals surface area contributed by atoms with Gasteiger partial charge in [0.25, 0.3) is 0 Å². The van der Waals surface area contributed by atoms with Crippen LogP contribution in [0.25, 0.3) is 0 Å². The summed E-state index contributed by atoms with van der Waals surface area (Å²) in [5, 5.41) is 3.38. The monoisotopic (exact) mass is 238 g/mol. The second-order valence-corrected chi connectivity index (χ2v) is 5.36. The Hall–Kier alpha value is -0.800. The molecule has 0 aliphatic carbocycles. The molecule has 1 rings (SSSR count). The summed E-state index contributed by atoms with van der Waals surface area (Å²) >= 11 is 0. The average molecular weight is 238 g/mol. The summed E-state index contributed by atoms with van der Waals surface area (Å²) in [6.45, 7) is 12.5. The molecule has 3 heteroatoms. The third-order valence-corrected chi connectivity index (χ3v) is 3.03. The van der Waals surface area contributed by atoms with Crippen molar-refractivity contribution < 1.29 is 4.42 Å². The molecule has 1 aromatic rings. The molecule has 0 aliphatic rings. The number of nitrogens with one attached hydrogen (secondary N) is 1. The van der Waals surface area contributed by atoms with E-state index in [9.17, 15) is 0 Å². The molecule has 1 N–H and O–H groups in total. The highest BCUT2D eigenvalue weighted by molar-refractivity contribution is 5.20. The van der Waals surface area contributed by atoms with E-state index in [0.29, 0.717) is 12.1 Å². The van der Waals surface area contributed by atoms with Gasteiger partial charge in [-0.25, -0.2) is 0 Å². The molecule has 0 fully saturated rings. The van der Waals surface area contributed by atoms with Gasteiger partial charge in [-0.1, -0.05) is 13.8 Å². The first kappa shape index (κ1) is 14.3. The summed E-state index contributed by atoms with van der Waals surface area (Å²) in [6.07, 6.45) is 0. The van der Waals surface area contributed by atoms with Crippen LogP contribution in [0.4, 0.5) is 0 Å². The number of rotatable bonds is 6. The lowest BCUT2D eigenvalue weighted by molar-refractivity contribution is 0.240. The number of furan rings is 1. The van der Waals surface area contributed by atoms with Gasteiger partial charge in [0.15, 0.2) is 0 Å². The lowest BCUT2D eigenvalue weighted by Crippen LogP contribution is -2.25. The van der Waals surface area contributed by atoms with E-state index in [1.54, 1.807) is 0 Å². The number of aryl methyl sites for hydroxylation is 1. The molecule has 0 atom stereocenters. The largest absolute Gasteiger partial charge is 0.463 e. The maximum atomic E-state index is 5.88. The van der Waals surface area contributed by atoms with E-state index in [-0.39, 0.29) is 0 Å². The number of hydrogen-bond acceptors (Lipinski definition) is 3. The molecular formula is C14H26N2O. The third-order valence-electron chi connectivity index (χ3n) is 3.03. The molecular weight excluding hydrogens is 212 g/mol. The van der Waals surface area contributed by atoms with Crippen LogP contribution in [-0.4, -0.2) is 24.0 Å². The van der Waals surface area contributed by atoms with Crippen LogP contribution in [0.15, 0.2) is 10.5 Å². The smallest absolute Gasteiger partial charge is 0.120 e. The van der Waals surface area contributed by atoms with Crippen molar-refractivity contribution in [3.8, 4) is 0 Å². The van der Waals surface area contributed by atoms with E-state index in [4.69, 9.17) is 4.42 Å². The van der Waals surface area contributed by atoms with Gasteiger partial charge in [0.05, 0.1) is 13.1 Å². The summed E-state index contributed by atoms with van der Waals surface area (Å²) in [7, 11) is 2.12. The zero-order valence-electron chi connectivity index (χ0n) is 12.0. The fourth-order valence-corrected chi connectivity index (χ4v) is 1.57. The van der Waals surface area contributed by atoms with E-state index >= 15 is 0 Å². The Labute approximate surface area is 105 Å². The highest BCUT2D eigenvalue weighted by atomic mass is 16.3. The number of hydrogen-bond donors (Lipinski definition) is 1. The Morgan fingerprint density at radius 2 is 1.94 bits per heavy atom. The van der Waals surface area contributed by atoms with Crippen LogP contribution in [0.2, 0.25) is 0 Å². The lowest BCUT2D eigenvalue weighted by Gasteiger charge is -2.19. The molecule has 0 spiro atoms. The van der Waals surface area contributed by atoms with Gasteiger partial charge in [-0.2, -0.15) is 0 Å². The maximum absolute atomic E-state index is 5.88. The predicted molar refractivity (Wildman–Crippen MR) is 72.0 cm³/mol. The van der Waals surface area contributed by atoms with Crippen LogP contribution in [0.1, 0.15) is 44.8 Å². The fraction of sp³-hybridized carbons (Fsp3) is 0.714. The van der Waals surface area contributed by atoms with Crippen molar-refractivity contribution in [1.29, 1.82) is 0 Å². The topological polar surface area (TPSA) is 28.4 Å². The normalized spacial score (nSPS) is 12.1. The van der Waals surface area contributed by atoms with Gasteiger partial charge in [-0.3, -0.25) is 4.90 Å². The zero-order chi connectivity index (χ0) is 13.0. The van der Waals surface area contributed by atoms with Crippen molar-refractivity contribution in [2.24, 2.45) is 0 Å². The van der Waals surface area contributed by atoms with Crippen molar-refractivity contribution in [3.63, 3.8) is 0 Å². The molecule has 0 saturated heterocycles. The van der Waals surface area contributed by atoms with E-state index in [0.717, 1.165) is 24.6 Å². The van der Waals surface area contributed by atoms with Crippen molar-refractivity contribution in [2.75, 3.05) is 7.05 Å². The van der Waals surface area contributed by atoms with Crippen LogP contribution in [0.5, 0.6) is 0 Å². The predicted octanol–water partition coefficient (Wildman–Crippen LogP) is 2.93. The van der Waals surface area contributed by atoms with Crippen molar-refractivity contribution in [2.45, 2.75) is 59.8 Å². The summed E-state index contributed by atoms with van der Waals surface area (Å²) < 4.78 is 5.88. The quantitative estimate of drug-likeness (QED) is 0.826. The van der Waals surface area contributed by atoms with Gasteiger partial charge in [0, 0.05) is 12.1 Å². The van der Waals surface area contributed by atoms with E-state index in [2.05, 4.69) is 57.9 Å². The van der Waals surface area contributed by atoms with E-state index in [1.807, 2.05) is 0 Å². The van der Waals surface area contributed by atoms with E-state index < -0.39 is 0 Å². The Morgan fingerprint density at radius 1 is 1.29 bits per heavy atom. The second kappa shape index (κ2) is 6.22. The van der Waals surface area contributed by atoms with Gasteiger partial charge in [-0.05, 0) is 39.4 Å². The molecule has 0 unspecified atom stereocenters. The van der Waals surface area contributed by atoms with Gasteiger partial charge in [0.1, 0.15) is 11.5 Å². The van der Waals surface area contributed by atoms with Crippen molar-refractivity contribution >= 4 is 0 Å².